The molecule has 2 aliphatic heterocycles. The lowest BCUT2D eigenvalue weighted by atomic mass is 9.96. The van der Waals surface area contributed by atoms with E-state index in [0.717, 1.165) is 43.7 Å². The summed E-state index contributed by atoms with van der Waals surface area (Å²) in [5, 5.41) is 0. The van der Waals surface area contributed by atoms with Gasteiger partial charge < -0.3 is 19.1 Å². The normalized spacial score (nSPS) is 18.0. The zero-order valence-electron chi connectivity index (χ0n) is 16.3. The first-order valence-electron chi connectivity index (χ1n) is 9.37. The number of carbonyl (C=O) groups is 2. The molecule has 1 fully saturated rings. The number of nitrogens with zero attached hydrogens (tertiary/aromatic N) is 2. The van der Waals surface area contributed by atoms with Gasteiger partial charge in [0.25, 0.3) is 0 Å². The van der Waals surface area contributed by atoms with Gasteiger partial charge in [0.2, 0.25) is 5.91 Å². The zero-order valence-corrected chi connectivity index (χ0v) is 16.3. The molecule has 7 nitrogen and oxygen atoms in total. The molecular weight excluding hydrogens is 348 g/mol. The molecule has 2 heterocycles. The van der Waals surface area contributed by atoms with Crippen LogP contribution in [0.1, 0.15) is 24.0 Å². The van der Waals surface area contributed by atoms with E-state index in [4.69, 9.17) is 14.2 Å². The zero-order chi connectivity index (χ0) is 19.4. The van der Waals surface area contributed by atoms with Crippen molar-refractivity contribution in [1.29, 1.82) is 0 Å². The molecule has 3 rings (SSSR count). The summed E-state index contributed by atoms with van der Waals surface area (Å²) in [5.74, 6) is 1.37. The van der Waals surface area contributed by atoms with Gasteiger partial charge >= 0.3 is 5.97 Å². The van der Waals surface area contributed by atoms with E-state index in [2.05, 4.69) is 4.90 Å². The van der Waals surface area contributed by atoms with Crippen LogP contribution in [-0.4, -0.2) is 69.2 Å². The minimum absolute atomic E-state index is 0.0364. The van der Waals surface area contributed by atoms with Crippen LogP contribution < -0.4 is 9.47 Å². The molecule has 0 aliphatic carbocycles. The van der Waals surface area contributed by atoms with E-state index < -0.39 is 0 Å². The molecule has 0 radical (unpaired) electrons. The summed E-state index contributed by atoms with van der Waals surface area (Å²) < 4.78 is 15.6. The number of esters is 1. The lowest BCUT2D eigenvalue weighted by Gasteiger charge is -2.34. The van der Waals surface area contributed by atoms with E-state index >= 15 is 0 Å². The lowest BCUT2D eigenvalue weighted by Crippen LogP contribution is -2.45. The van der Waals surface area contributed by atoms with Crippen molar-refractivity contribution < 1.29 is 23.8 Å². The van der Waals surface area contributed by atoms with Gasteiger partial charge in [-0.1, -0.05) is 0 Å². The molecule has 0 saturated carbocycles. The smallest absolute Gasteiger partial charge is 0.308 e. The van der Waals surface area contributed by atoms with Crippen molar-refractivity contribution >= 4 is 11.9 Å². The van der Waals surface area contributed by atoms with Crippen molar-refractivity contribution in [3.8, 4) is 11.5 Å². The first-order chi connectivity index (χ1) is 13.0. The van der Waals surface area contributed by atoms with Crippen LogP contribution in [0, 0.1) is 5.92 Å². The van der Waals surface area contributed by atoms with Crippen LogP contribution in [0.15, 0.2) is 12.1 Å². The van der Waals surface area contributed by atoms with Gasteiger partial charge in [-0.2, -0.15) is 0 Å². The summed E-state index contributed by atoms with van der Waals surface area (Å²) in [4.78, 5) is 28.4. The SMILES string of the molecule is COC(=O)C1CCN(CC(=O)N2CCc3cc(OC)c(OC)cc3C2)CC1. The van der Waals surface area contributed by atoms with Gasteiger partial charge in [-0.25, -0.2) is 0 Å². The Labute approximate surface area is 160 Å². The minimum Gasteiger partial charge on any atom is -0.493 e. The third-order valence-corrected chi connectivity index (χ3v) is 5.55. The second-order valence-electron chi connectivity index (χ2n) is 7.11. The highest BCUT2D eigenvalue weighted by molar-refractivity contribution is 5.79. The summed E-state index contributed by atoms with van der Waals surface area (Å²) >= 11 is 0. The van der Waals surface area contributed by atoms with Crippen LogP contribution in [0.5, 0.6) is 11.5 Å². The van der Waals surface area contributed by atoms with Crippen LogP contribution in [-0.2, 0) is 27.3 Å². The highest BCUT2D eigenvalue weighted by Gasteiger charge is 2.28. The molecule has 1 aromatic rings. The molecule has 148 valence electrons. The molecule has 0 N–H and O–H groups in total. The van der Waals surface area contributed by atoms with E-state index in [1.54, 1.807) is 14.2 Å². The summed E-state index contributed by atoms with van der Waals surface area (Å²) in [5.41, 5.74) is 2.31. The maximum atomic E-state index is 12.8. The number of methoxy groups -OCH3 is 3. The Morgan fingerprint density at radius 2 is 1.63 bits per heavy atom. The number of ether oxygens (including phenoxy) is 3. The molecule has 1 saturated heterocycles. The molecule has 0 spiro atoms. The average molecular weight is 376 g/mol. The predicted molar refractivity (Wildman–Crippen MR) is 99.8 cm³/mol. The van der Waals surface area contributed by atoms with Crippen molar-refractivity contribution in [2.75, 3.05) is 47.5 Å². The molecule has 7 heteroatoms. The second-order valence-corrected chi connectivity index (χ2v) is 7.11. The summed E-state index contributed by atoms with van der Waals surface area (Å²) in [7, 11) is 4.68. The topological polar surface area (TPSA) is 68.3 Å². The Kier molecular flexibility index (Phi) is 6.21. The van der Waals surface area contributed by atoms with Gasteiger partial charge in [0, 0.05) is 13.1 Å². The van der Waals surface area contributed by atoms with Crippen molar-refractivity contribution in [2.24, 2.45) is 5.92 Å². The highest BCUT2D eigenvalue weighted by Crippen LogP contribution is 2.33. The summed E-state index contributed by atoms with van der Waals surface area (Å²) in [6, 6.07) is 3.98. The summed E-state index contributed by atoms with van der Waals surface area (Å²) in [6.45, 7) is 3.20. The molecule has 0 atom stereocenters. The minimum atomic E-state index is -0.141. The van der Waals surface area contributed by atoms with E-state index in [0.29, 0.717) is 25.4 Å². The quantitative estimate of drug-likeness (QED) is 0.725. The number of rotatable bonds is 5. The van der Waals surface area contributed by atoms with E-state index in [1.807, 2.05) is 17.0 Å². The number of hydrogen-bond acceptors (Lipinski definition) is 6. The number of benzene rings is 1. The van der Waals surface area contributed by atoms with Gasteiger partial charge in [0.05, 0.1) is 33.8 Å². The third kappa shape index (κ3) is 4.35. The second kappa shape index (κ2) is 8.61. The first-order valence-corrected chi connectivity index (χ1v) is 9.37. The monoisotopic (exact) mass is 376 g/mol. The largest absolute Gasteiger partial charge is 0.493 e. The molecular formula is C20H28N2O5. The van der Waals surface area contributed by atoms with Crippen LogP contribution in [0.3, 0.4) is 0 Å². The Morgan fingerprint density at radius 1 is 1.00 bits per heavy atom. The molecule has 1 aromatic carbocycles. The number of hydrogen-bond donors (Lipinski definition) is 0. The number of carbonyl (C=O) groups excluding carboxylic acids is 2. The Balaban J connectivity index is 1.57. The number of likely N-dealkylation sites (tertiary alicyclic amines) is 1. The molecule has 0 unspecified atom stereocenters. The number of piperidine rings is 1. The standard InChI is InChI=1S/C20H28N2O5/c1-25-17-10-15-6-9-22(12-16(15)11-18(17)26-2)19(23)13-21-7-4-14(5-8-21)20(24)27-3/h10-11,14H,4-9,12-13H2,1-3H3. The molecule has 0 aromatic heterocycles. The Bertz CT molecular complexity index is 698. The Hall–Kier alpha value is -2.28. The van der Waals surface area contributed by atoms with Crippen LogP contribution in [0.4, 0.5) is 0 Å². The average Bonchev–Trinajstić information content (AvgIpc) is 2.72. The van der Waals surface area contributed by atoms with E-state index in [-0.39, 0.29) is 17.8 Å². The van der Waals surface area contributed by atoms with E-state index in [9.17, 15) is 9.59 Å². The van der Waals surface area contributed by atoms with Gasteiger partial charge in [-0.3, -0.25) is 14.5 Å². The van der Waals surface area contributed by atoms with Crippen LogP contribution >= 0.6 is 0 Å². The van der Waals surface area contributed by atoms with E-state index in [1.165, 1.54) is 12.7 Å². The maximum absolute atomic E-state index is 12.8. The highest BCUT2D eigenvalue weighted by atomic mass is 16.5. The van der Waals surface area contributed by atoms with Gasteiger partial charge in [-0.15, -0.1) is 0 Å². The molecule has 27 heavy (non-hydrogen) atoms. The number of fused-ring (bicyclic) bond motifs is 1. The van der Waals surface area contributed by atoms with Gasteiger partial charge in [0.1, 0.15) is 0 Å². The predicted octanol–water partition coefficient (Wildman–Crippen LogP) is 1.47. The lowest BCUT2D eigenvalue weighted by molar-refractivity contribution is -0.147. The van der Waals surface area contributed by atoms with Crippen molar-refractivity contribution in [1.82, 2.24) is 9.80 Å². The van der Waals surface area contributed by atoms with Crippen LogP contribution in [0.2, 0.25) is 0 Å². The molecule has 1 amide bonds. The first kappa shape index (κ1) is 19.5. The fraction of sp³-hybridized carbons (Fsp3) is 0.600. The fourth-order valence-electron chi connectivity index (χ4n) is 3.88. The van der Waals surface area contributed by atoms with Crippen molar-refractivity contribution in [3.05, 3.63) is 23.3 Å². The molecule has 0 bridgehead atoms. The fourth-order valence-corrected chi connectivity index (χ4v) is 3.88. The summed E-state index contributed by atoms with van der Waals surface area (Å²) in [6.07, 6.45) is 2.31. The Morgan fingerprint density at radius 3 is 2.22 bits per heavy atom. The molecule has 2 aliphatic rings. The number of amides is 1. The van der Waals surface area contributed by atoms with Crippen LogP contribution in [0.25, 0.3) is 0 Å². The van der Waals surface area contributed by atoms with Crippen molar-refractivity contribution in [3.63, 3.8) is 0 Å². The van der Waals surface area contributed by atoms with Gasteiger partial charge in [0.15, 0.2) is 11.5 Å². The van der Waals surface area contributed by atoms with Gasteiger partial charge in [-0.05, 0) is 55.6 Å². The van der Waals surface area contributed by atoms with Crippen molar-refractivity contribution in [2.45, 2.75) is 25.8 Å². The maximum Gasteiger partial charge on any atom is 0.308 e. The third-order valence-electron chi connectivity index (χ3n) is 5.55.